The summed E-state index contributed by atoms with van der Waals surface area (Å²) in [4.78, 5) is 13.6. The highest BCUT2D eigenvalue weighted by atomic mass is 32.2. The van der Waals surface area contributed by atoms with Gasteiger partial charge in [-0.1, -0.05) is 12.2 Å². The summed E-state index contributed by atoms with van der Waals surface area (Å²) in [6.45, 7) is -0.459. The van der Waals surface area contributed by atoms with E-state index in [0.717, 1.165) is 10.8 Å². The Morgan fingerprint density at radius 1 is 1.57 bits per heavy atom. The molecule has 11 heteroatoms. The number of aliphatic hydroxyl groups excluding tert-OH is 2. The number of thioether (sulfide) groups is 1. The monoisotopic (exact) mass is 344 g/mol. The molecule has 1 saturated heterocycles. The second kappa shape index (κ2) is 6.08. The Balaban J connectivity index is 2.35. The van der Waals surface area contributed by atoms with Crippen molar-refractivity contribution in [2.24, 2.45) is 0 Å². The van der Waals surface area contributed by atoms with E-state index in [2.05, 4.69) is 4.98 Å². The minimum Gasteiger partial charge on any atom is -0.394 e. The Morgan fingerprint density at radius 3 is 2.76 bits per heavy atom. The number of aromatic amines is 1. The van der Waals surface area contributed by atoms with E-state index in [1.165, 1.54) is 0 Å². The smallest absolute Gasteiger partial charge is 0.394 e. The summed E-state index contributed by atoms with van der Waals surface area (Å²) in [5.41, 5.74) is -5.30. The van der Waals surface area contributed by atoms with Gasteiger partial charge in [-0.15, -0.1) is 0 Å². The summed E-state index contributed by atoms with van der Waals surface area (Å²) in [6.07, 6.45) is -1.94. The summed E-state index contributed by atoms with van der Waals surface area (Å²) < 4.78 is 43.1. The molecule has 1 aliphatic rings. The molecule has 6 nitrogen and oxygen atoms in total. The lowest BCUT2D eigenvalue weighted by molar-refractivity contribution is -0.0462. The molecule has 0 aromatic carbocycles. The Morgan fingerprint density at radius 2 is 2.24 bits per heavy atom. The van der Waals surface area contributed by atoms with Crippen molar-refractivity contribution in [2.75, 3.05) is 6.61 Å². The highest BCUT2D eigenvalue weighted by molar-refractivity contribution is 8.00. The Labute approximate surface area is 125 Å². The summed E-state index contributed by atoms with van der Waals surface area (Å²) in [7, 11) is 0. The molecule has 3 N–H and O–H groups in total. The summed E-state index contributed by atoms with van der Waals surface area (Å²) in [5.74, 6) is 0. The second-order valence-electron chi connectivity index (χ2n) is 4.32. The van der Waals surface area contributed by atoms with Gasteiger partial charge in [0.2, 0.25) is 0 Å². The second-order valence-corrected chi connectivity index (χ2v) is 5.84. The number of rotatable bonds is 3. The maximum absolute atomic E-state index is 12.4. The summed E-state index contributed by atoms with van der Waals surface area (Å²) in [5, 5.41) is 18.6. The molecule has 1 aliphatic heterocycles. The van der Waals surface area contributed by atoms with E-state index in [4.69, 9.17) is 22.1 Å². The molecule has 0 unspecified atom stereocenters. The third kappa shape index (κ3) is 3.86. The van der Waals surface area contributed by atoms with Crippen molar-refractivity contribution in [3.63, 3.8) is 0 Å². The average Bonchev–Trinajstić information content (AvgIpc) is 2.72. The molecule has 0 saturated carbocycles. The molecule has 1 aromatic rings. The number of halogens is 3. The fraction of sp³-hybridized carbons (Fsp3) is 0.600. The fourth-order valence-corrected chi connectivity index (χ4v) is 2.75. The molecular weight excluding hydrogens is 333 g/mol. The third-order valence-electron chi connectivity index (χ3n) is 2.86. The third-order valence-corrected chi connectivity index (χ3v) is 4.07. The van der Waals surface area contributed by atoms with E-state index in [0.29, 0.717) is 0 Å². The number of H-pyrrole nitrogens is 1. The summed E-state index contributed by atoms with van der Waals surface area (Å²) in [6, 6.07) is 0. The lowest BCUT2D eigenvalue weighted by Crippen LogP contribution is -2.28. The zero-order valence-electron chi connectivity index (χ0n) is 10.3. The number of hydrogen-bond acceptors (Lipinski definition) is 6. The standard InChI is InChI=1S/C10H11F3N2O4S2/c11-10(12,13)21-6-2-15(9(18)14-8(6)20)7-1-4(17)5(3-16)19-7/h2,4-5,7,16-17H,1,3H2,(H,14,18,20)/t4-,5+,7+/m0/s1. The van der Waals surface area contributed by atoms with E-state index in [1.54, 1.807) is 0 Å². The van der Waals surface area contributed by atoms with Gasteiger partial charge in [-0.2, -0.15) is 13.2 Å². The van der Waals surface area contributed by atoms with Crippen LogP contribution in [0.2, 0.25) is 0 Å². The molecule has 0 amide bonds. The van der Waals surface area contributed by atoms with Crippen LogP contribution < -0.4 is 5.69 Å². The van der Waals surface area contributed by atoms with Crippen molar-refractivity contribution in [1.82, 2.24) is 9.55 Å². The molecule has 1 aromatic heterocycles. The van der Waals surface area contributed by atoms with Crippen LogP contribution in [0.3, 0.4) is 0 Å². The van der Waals surface area contributed by atoms with Crippen LogP contribution in [0.1, 0.15) is 12.6 Å². The van der Waals surface area contributed by atoms with Crippen LogP contribution in [0.25, 0.3) is 0 Å². The molecule has 0 bridgehead atoms. The number of aliphatic hydroxyl groups is 2. The minimum atomic E-state index is -4.55. The number of hydrogen-bond donors (Lipinski definition) is 3. The number of ether oxygens (including phenoxy) is 1. The van der Waals surface area contributed by atoms with Crippen LogP contribution in [0.4, 0.5) is 13.2 Å². The SMILES string of the molecule is O=c1[nH]c(=S)c(SC(F)(F)F)cn1[C@H]1C[C@H](O)[C@@H](CO)O1. The van der Waals surface area contributed by atoms with Crippen molar-refractivity contribution in [3.05, 3.63) is 21.3 Å². The first-order chi connectivity index (χ1) is 9.71. The Bertz CT molecular complexity index is 630. The van der Waals surface area contributed by atoms with Gasteiger partial charge in [0.05, 0.1) is 17.6 Å². The van der Waals surface area contributed by atoms with E-state index >= 15 is 0 Å². The Kier molecular flexibility index (Phi) is 4.78. The maximum Gasteiger partial charge on any atom is 0.446 e. The maximum atomic E-state index is 12.4. The van der Waals surface area contributed by atoms with Crippen LogP contribution in [0, 0.1) is 4.64 Å². The molecule has 2 heterocycles. The topological polar surface area (TPSA) is 87.5 Å². The van der Waals surface area contributed by atoms with E-state index < -0.39 is 48.0 Å². The predicted octanol–water partition coefficient (Wildman–Crippen LogP) is 1.16. The quantitative estimate of drug-likeness (QED) is 0.563. The van der Waals surface area contributed by atoms with Gasteiger partial charge in [-0.05, 0) is 11.8 Å². The van der Waals surface area contributed by atoms with Gasteiger partial charge in [0.15, 0.2) is 0 Å². The number of nitrogens with one attached hydrogen (secondary N) is 1. The summed E-state index contributed by atoms with van der Waals surface area (Å²) >= 11 is 4.24. The van der Waals surface area contributed by atoms with Gasteiger partial charge in [0.1, 0.15) is 17.0 Å². The Hall–Kier alpha value is -0.880. The first-order valence-corrected chi connectivity index (χ1v) is 6.99. The highest BCUT2D eigenvalue weighted by Crippen LogP contribution is 2.37. The normalized spacial score (nSPS) is 26.2. The first kappa shape index (κ1) is 16.5. The molecule has 1 fully saturated rings. The van der Waals surface area contributed by atoms with Gasteiger partial charge in [-0.3, -0.25) is 9.55 Å². The van der Waals surface area contributed by atoms with Crippen molar-refractivity contribution in [3.8, 4) is 0 Å². The van der Waals surface area contributed by atoms with E-state index in [1.807, 2.05) is 0 Å². The van der Waals surface area contributed by atoms with Crippen molar-refractivity contribution in [1.29, 1.82) is 0 Å². The lowest BCUT2D eigenvalue weighted by Gasteiger charge is -2.16. The zero-order chi connectivity index (χ0) is 15.8. The molecule has 2 rings (SSSR count). The molecule has 3 atom stereocenters. The van der Waals surface area contributed by atoms with E-state index in [9.17, 15) is 23.1 Å². The number of alkyl halides is 3. The van der Waals surface area contributed by atoms with E-state index in [-0.39, 0.29) is 16.0 Å². The van der Waals surface area contributed by atoms with Crippen molar-refractivity contribution >= 4 is 24.0 Å². The van der Waals surface area contributed by atoms with Crippen LogP contribution in [-0.4, -0.2) is 44.1 Å². The van der Waals surface area contributed by atoms with Gasteiger partial charge in [0, 0.05) is 12.6 Å². The number of nitrogens with zero attached hydrogens (tertiary/aromatic N) is 1. The zero-order valence-corrected chi connectivity index (χ0v) is 12.0. The molecular formula is C10H11F3N2O4S2. The highest BCUT2D eigenvalue weighted by Gasteiger charge is 2.36. The van der Waals surface area contributed by atoms with Gasteiger partial charge in [-0.25, -0.2) is 4.79 Å². The van der Waals surface area contributed by atoms with Crippen LogP contribution in [0.15, 0.2) is 15.9 Å². The van der Waals surface area contributed by atoms with Gasteiger partial charge < -0.3 is 14.9 Å². The van der Waals surface area contributed by atoms with Crippen molar-refractivity contribution < 1.29 is 28.1 Å². The molecule has 0 aliphatic carbocycles. The van der Waals surface area contributed by atoms with Gasteiger partial charge in [0.25, 0.3) is 0 Å². The van der Waals surface area contributed by atoms with Gasteiger partial charge >= 0.3 is 11.2 Å². The number of aromatic nitrogens is 2. The molecule has 0 radical (unpaired) electrons. The van der Waals surface area contributed by atoms with Crippen LogP contribution >= 0.6 is 24.0 Å². The minimum absolute atomic E-state index is 0.0220. The average molecular weight is 344 g/mol. The molecule has 21 heavy (non-hydrogen) atoms. The van der Waals surface area contributed by atoms with Crippen LogP contribution in [0.5, 0.6) is 0 Å². The van der Waals surface area contributed by atoms with Crippen molar-refractivity contribution in [2.45, 2.75) is 35.3 Å². The fourth-order valence-electron chi connectivity index (χ4n) is 1.93. The predicted molar refractivity (Wildman–Crippen MR) is 69.4 cm³/mol. The first-order valence-electron chi connectivity index (χ1n) is 5.77. The molecule has 0 spiro atoms. The molecule has 118 valence electrons. The lowest BCUT2D eigenvalue weighted by atomic mass is 10.2. The largest absolute Gasteiger partial charge is 0.446 e. The van der Waals surface area contributed by atoms with Crippen LogP contribution in [-0.2, 0) is 4.74 Å².